The lowest BCUT2D eigenvalue weighted by molar-refractivity contribution is -0.137. The van der Waals surface area contributed by atoms with Crippen LogP contribution in [0.5, 0.6) is 0 Å². The molecule has 4 N–H and O–H groups in total. The number of nitrogens with two attached hydrogens (primary N) is 1. The molecule has 0 saturated carbocycles. The van der Waals surface area contributed by atoms with Gasteiger partial charge < -0.3 is 21.3 Å². The number of allylic oxidation sites excluding steroid dienone is 4. The molecule has 0 aliphatic carbocycles. The monoisotopic (exact) mass is 728 g/mol. The molecule has 0 saturated heterocycles. The van der Waals surface area contributed by atoms with Crippen LogP contribution in [0.1, 0.15) is 22.6 Å². The van der Waals surface area contributed by atoms with Crippen molar-refractivity contribution < 1.29 is 13.2 Å². The zero-order valence-electron chi connectivity index (χ0n) is 30.1. The zero-order valence-corrected chi connectivity index (χ0v) is 30.1. The van der Waals surface area contributed by atoms with E-state index in [1.165, 1.54) is 49.9 Å². The van der Waals surface area contributed by atoms with Crippen molar-refractivity contribution in [1.29, 1.82) is 0 Å². The summed E-state index contributed by atoms with van der Waals surface area (Å²) in [7, 11) is 0. The molecule has 2 unspecified atom stereocenters. The van der Waals surface area contributed by atoms with E-state index in [4.69, 9.17) is 5.73 Å². The normalized spacial score (nSPS) is 18.1. The first-order valence-electron chi connectivity index (χ1n) is 18.6. The number of dihydropyridines is 2. The smallest absolute Gasteiger partial charge is 0.386 e. The van der Waals surface area contributed by atoms with E-state index in [0.29, 0.717) is 18.7 Å². The van der Waals surface area contributed by atoms with Gasteiger partial charge in [0.15, 0.2) is 0 Å². The van der Waals surface area contributed by atoms with Crippen LogP contribution in [0, 0.1) is 0 Å². The van der Waals surface area contributed by atoms with Gasteiger partial charge in [-0.15, -0.1) is 6.58 Å². The van der Waals surface area contributed by atoms with Crippen LogP contribution in [0.15, 0.2) is 175 Å². The second-order valence-corrected chi connectivity index (χ2v) is 14.3. The van der Waals surface area contributed by atoms with E-state index in [9.17, 15) is 13.2 Å². The van der Waals surface area contributed by atoms with Gasteiger partial charge in [0.05, 0.1) is 18.2 Å². The quantitative estimate of drug-likeness (QED) is 0.113. The van der Waals surface area contributed by atoms with E-state index in [1.54, 1.807) is 12.1 Å². The van der Waals surface area contributed by atoms with E-state index >= 15 is 0 Å². The molecular weight excluding hydrogens is 690 g/mol. The SMILES string of the molecule is C=CC1C(CN)c2cc(C(F)(F)F)ccc2N1C1=CC(C2=CNCC(c3ccc4c(-c5ccccc5)c5ccccc5c(-c5ccccc5)c4c3)=C2)=CNC1. The maximum Gasteiger partial charge on any atom is 0.416 e. The van der Waals surface area contributed by atoms with Crippen molar-refractivity contribution in [3.8, 4) is 22.3 Å². The van der Waals surface area contributed by atoms with Crippen molar-refractivity contribution in [1.82, 2.24) is 10.6 Å². The lowest BCUT2D eigenvalue weighted by Crippen LogP contribution is -2.38. The van der Waals surface area contributed by atoms with Crippen LogP contribution < -0.4 is 21.3 Å². The van der Waals surface area contributed by atoms with Crippen LogP contribution in [0.2, 0.25) is 0 Å². The summed E-state index contributed by atoms with van der Waals surface area (Å²) in [6.07, 6.45) is 5.72. The summed E-state index contributed by atoms with van der Waals surface area (Å²) in [6, 6.07) is 40.4. The number of benzene rings is 6. The van der Waals surface area contributed by atoms with Crippen LogP contribution in [-0.4, -0.2) is 25.7 Å². The number of fused-ring (bicyclic) bond motifs is 3. The molecule has 4 nitrogen and oxygen atoms in total. The van der Waals surface area contributed by atoms with Gasteiger partial charge in [-0.25, -0.2) is 0 Å². The van der Waals surface area contributed by atoms with Gasteiger partial charge in [-0.3, -0.25) is 0 Å². The Kier molecular flexibility index (Phi) is 8.67. The summed E-state index contributed by atoms with van der Waals surface area (Å²) in [5.41, 5.74) is 16.8. The Hall–Kier alpha value is -6.31. The van der Waals surface area contributed by atoms with Gasteiger partial charge in [0.1, 0.15) is 0 Å². The van der Waals surface area contributed by atoms with E-state index in [1.807, 2.05) is 12.4 Å². The molecule has 6 aromatic rings. The van der Waals surface area contributed by atoms with Gasteiger partial charge >= 0.3 is 6.18 Å². The van der Waals surface area contributed by atoms with Crippen LogP contribution in [0.3, 0.4) is 0 Å². The molecule has 7 heteroatoms. The Morgan fingerprint density at radius 1 is 0.673 bits per heavy atom. The topological polar surface area (TPSA) is 53.3 Å². The fourth-order valence-corrected chi connectivity index (χ4v) is 8.63. The molecule has 0 radical (unpaired) electrons. The molecule has 9 rings (SSSR count). The van der Waals surface area contributed by atoms with Crippen molar-refractivity contribution in [3.05, 3.63) is 192 Å². The maximum atomic E-state index is 13.7. The minimum absolute atomic E-state index is 0.201. The average molecular weight is 729 g/mol. The second-order valence-electron chi connectivity index (χ2n) is 14.3. The highest BCUT2D eigenvalue weighted by atomic mass is 19.4. The summed E-state index contributed by atoms with van der Waals surface area (Å²) >= 11 is 0. The lowest BCUT2D eigenvalue weighted by atomic mass is 9.84. The molecule has 6 aromatic carbocycles. The maximum absolute atomic E-state index is 13.7. The summed E-state index contributed by atoms with van der Waals surface area (Å²) < 4.78 is 41.2. The van der Waals surface area contributed by atoms with E-state index < -0.39 is 11.7 Å². The summed E-state index contributed by atoms with van der Waals surface area (Å²) in [5.74, 6) is -0.319. The van der Waals surface area contributed by atoms with Crippen molar-refractivity contribution in [2.45, 2.75) is 18.1 Å². The van der Waals surface area contributed by atoms with Crippen LogP contribution >= 0.6 is 0 Å². The number of nitrogens with zero attached hydrogens (tertiary/aromatic N) is 1. The average Bonchev–Trinajstić information content (AvgIpc) is 3.56. The molecule has 3 aliphatic heterocycles. The van der Waals surface area contributed by atoms with Gasteiger partial charge in [0.25, 0.3) is 0 Å². The predicted octanol–water partition coefficient (Wildman–Crippen LogP) is 10.7. The fourth-order valence-electron chi connectivity index (χ4n) is 8.63. The van der Waals surface area contributed by atoms with Gasteiger partial charge in [-0.1, -0.05) is 103 Å². The van der Waals surface area contributed by atoms with E-state index in [2.05, 4.69) is 137 Å². The molecule has 0 fully saturated rings. The number of nitrogens with one attached hydrogen (secondary N) is 2. The van der Waals surface area contributed by atoms with E-state index in [-0.39, 0.29) is 18.5 Å². The highest BCUT2D eigenvalue weighted by Crippen LogP contribution is 2.47. The zero-order chi connectivity index (χ0) is 37.7. The largest absolute Gasteiger partial charge is 0.416 e. The Morgan fingerprint density at radius 2 is 1.27 bits per heavy atom. The number of hydrogen-bond donors (Lipinski definition) is 3. The van der Waals surface area contributed by atoms with Crippen molar-refractivity contribution >= 4 is 32.8 Å². The molecule has 0 spiro atoms. The molecule has 0 bridgehead atoms. The predicted molar refractivity (Wildman–Crippen MR) is 220 cm³/mol. The molecule has 272 valence electrons. The summed E-state index contributed by atoms with van der Waals surface area (Å²) in [4.78, 5) is 2.09. The van der Waals surface area contributed by atoms with Gasteiger partial charge in [-0.2, -0.15) is 13.2 Å². The summed E-state index contributed by atoms with van der Waals surface area (Å²) in [5, 5.41) is 11.8. The third-order valence-corrected chi connectivity index (χ3v) is 11.1. The standard InChI is InChI=1S/C48H39F3N4/c1-2-44-43(25-52)41-24-36(48(49,50)51)18-20-45(41)55(44)37-22-35(28-54-29-37)34-21-33(26-53-27-34)32-17-19-40-42(23-32)47(31-13-7-4-8-14-31)39-16-10-9-15-38(39)46(40)30-11-5-3-6-12-30/h2-24,27-28,43-44,53-54H,1,25-26,29,52H2. The molecule has 3 aliphatic rings. The van der Waals surface area contributed by atoms with Crippen LogP contribution in [-0.2, 0) is 6.18 Å². The molecule has 2 atom stereocenters. The van der Waals surface area contributed by atoms with Crippen LogP contribution in [0.4, 0.5) is 18.9 Å². The first-order valence-corrected chi connectivity index (χ1v) is 18.6. The van der Waals surface area contributed by atoms with Gasteiger partial charge in [-0.05, 0) is 102 Å². The fraction of sp³-hybridized carbons (Fsp3) is 0.125. The summed E-state index contributed by atoms with van der Waals surface area (Å²) in [6.45, 7) is 5.43. The third kappa shape index (κ3) is 6.01. The van der Waals surface area contributed by atoms with Crippen molar-refractivity contribution in [2.24, 2.45) is 5.73 Å². The number of rotatable bonds is 7. The first-order chi connectivity index (χ1) is 26.8. The highest BCUT2D eigenvalue weighted by Gasteiger charge is 2.40. The first kappa shape index (κ1) is 34.5. The Bertz CT molecular complexity index is 2600. The van der Waals surface area contributed by atoms with Gasteiger partial charge in [0.2, 0.25) is 0 Å². The van der Waals surface area contributed by atoms with Crippen molar-refractivity contribution in [2.75, 3.05) is 24.5 Å². The molecule has 0 aromatic heterocycles. The minimum Gasteiger partial charge on any atom is -0.386 e. The molecule has 55 heavy (non-hydrogen) atoms. The van der Waals surface area contributed by atoms with Crippen molar-refractivity contribution in [3.63, 3.8) is 0 Å². The Morgan fingerprint density at radius 3 is 1.91 bits per heavy atom. The lowest BCUT2D eigenvalue weighted by Gasteiger charge is -2.32. The number of anilines is 1. The Labute approximate surface area is 318 Å². The third-order valence-electron chi connectivity index (χ3n) is 11.1. The van der Waals surface area contributed by atoms with E-state index in [0.717, 1.165) is 39.7 Å². The molecule has 3 heterocycles. The molecule has 0 amide bonds. The molecular formula is C48H39F3N4. The Balaban J connectivity index is 1.13. The highest BCUT2D eigenvalue weighted by molar-refractivity contribution is 6.21. The second kappa shape index (κ2) is 13.8. The number of hydrogen-bond acceptors (Lipinski definition) is 4. The van der Waals surface area contributed by atoms with Gasteiger partial charge in [0, 0.05) is 48.4 Å². The minimum atomic E-state index is -4.44. The number of alkyl halides is 3. The number of halogens is 3. The van der Waals surface area contributed by atoms with Crippen LogP contribution in [0.25, 0.3) is 49.4 Å².